The van der Waals surface area contributed by atoms with Crippen molar-refractivity contribution in [2.45, 2.75) is 12.5 Å². The van der Waals surface area contributed by atoms with Crippen LogP contribution in [0.25, 0.3) is 0 Å². The largest absolute Gasteiger partial charge is 0.466 e. The Morgan fingerprint density at radius 2 is 2.06 bits per heavy atom. The number of oxime groups is 1. The molecule has 0 saturated carbocycles. The lowest BCUT2D eigenvalue weighted by atomic mass is 10.0. The number of hydrogen-bond donors (Lipinski definition) is 0. The average molecular weight is 233 g/mol. The highest BCUT2D eigenvalue weighted by Gasteiger charge is 2.32. The smallest absolute Gasteiger partial charge is 0.350 e. The van der Waals surface area contributed by atoms with E-state index in [0.29, 0.717) is 5.56 Å². The standard InChI is InChI=1S/C12H11NO4/c1-16-12(15)10-7-9(13-17-10)11(14)8-5-3-2-4-6-8/h2-6,10H,7H2,1H3/t10-/m0/s1. The number of methoxy groups -OCH3 is 1. The minimum Gasteiger partial charge on any atom is -0.466 e. The zero-order valence-electron chi connectivity index (χ0n) is 9.25. The molecule has 0 radical (unpaired) electrons. The maximum atomic E-state index is 11.9. The fraction of sp³-hybridized carbons (Fsp3) is 0.250. The van der Waals surface area contributed by atoms with E-state index < -0.39 is 12.1 Å². The Labute approximate surface area is 98.0 Å². The summed E-state index contributed by atoms with van der Waals surface area (Å²) in [4.78, 5) is 28.0. The summed E-state index contributed by atoms with van der Waals surface area (Å²) >= 11 is 0. The van der Waals surface area contributed by atoms with Crippen molar-refractivity contribution in [2.75, 3.05) is 7.11 Å². The molecular weight excluding hydrogens is 222 g/mol. The fourth-order valence-corrected chi connectivity index (χ4v) is 1.53. The zero-order chi connectivity index (χ0) is 12.3. The molecule has 0 amide bonds. The molecule has 5 heteroatoms. The van der Waals surface area contributed by atoms with Crippen LogP contribution in [0, 0.1) is 0 Å². The molecule has 88 valence electrons. The van der Waals surface area contributed by atoms with Crippen LogP contribution in [0.1, 0.15) is 16.8 Å². The number of carbonyl (C=O) groups excluding carboxylic acids is 2. The number of esters is 1. The highest BCUT2D eigenvalue weighted by molar-refractivity contribution is 6.46. The third kappa shape index (κ3) is 2.33. The van der Waals surface area contributed by atoms with Gasteiger partial charge in [0.15, 0.2) is 0 Å². The second kappa shape index (κ2) is 4.78. The highest BCUT2D eigenvalue weighted by atomic mass is 16.7. The summed E-state index contributed by atoms with van der Waals surface area (Å²) in [5.74, 6) is -0.749. The number of ketones is 1. The van der Waals surface area contributed by atoms with Gasteiger partial charge < -0.3 is 9.57 Å². The van der Waals surface area contributed by atoms with Crippen molar-refractivity contribution in [3.05, 3.63) is 35.9 Å². The van der Waals surface area contributed by atoms with E-state index in [0.717, 1.165) is 0 Å². The normalized spacial score (nSPS) is 18.2. The molecule has 1 aromatic carbocycles. The number of ether oxygens (including phenoxy) is 1. The summed E-state index contributed by atoms with van der Waals surface area (Å²) in [5, 5.41) is 3.63. The molecule has 0 aliphatic carbocycles. The first-order valence-electron chi connectivity index (χ1n) is 5.12. The summed E-state index contributed by atoms with van der Waals surface area (Å²) in [6.07, 6.45) is -0.650. The Bertz CT molecular complexity index is 467. The summed E-state index contributed by atoms with van der Waals surface area (Å²) in [6.45, 7) is 0. The number of Topliss-reactive ketones (excluding diaryl/α,β-unsaturated/α-hetero) is 1. The van der Waals surface area contributed by atoms with Crippen molar-refractivity contribution in [3.8, 4) is 0 Å². The van der Waals surface area contributed by atoms with Gasteiger partial charge in [-0.2, -0.15) is 0 Å². The lowest BCUT2D eigenvalue weighted by molar-refractivity contribution is -0.152. The third-order valence-electron chi connectivity index (χ3n) is 2.43. The van der Waals surface area contributed by atoms with Gasteiger partial charge in [-0.15, -0.1) is 0 Å². The van der Waals surface area contributed by atoms with E-state index in [2.05, 4.69) is 9.89 Å². The molecule has 1 atom stereocenters. The number of carbonyl (C=O) groups is 2. The molecule has 0 spiro atoms. The third-order valence-corrected chi connectivity index (χ3v) is 2.43. The Morgan fingerprint density at radius 1 is 1.35 bits per heavy atom. The Hall–Kier alpha value is -2.17. The molecular formula is C12H11NO4. The number of hydrogen-bond acceptors (Lipinski definition) is 5. The van der Waals surface area contributed by atoms with Gasteiger partial charge in [-0.05, 0) is 0 Å². The van der Waals surface area contributed by atoms with Crippen molar-refractivity contribution >= 4 is 17.5 Å². The van der Waals surface area contributed by atoms with Crippen LogP contribution in [-0.2, 0) is 14.4 Å². The van der Waals surface area contributed by atoms with Crippen LogP contribution < -0.4 is 0 Å². The predicted molar refractivity (Wildman–Crippen MR) is 59.7 cm³/mol. The highest BCUT2D eigenvalue weighted by Crippen LogP contribution is 2.15. The van der Waals surface area contributed by atoms with E-state index >= 15 is 0 Å². The SMILES string of the molecule is COC(=O)[C@@H]1CC(C(=O)c2ccccc2)=NO1. The summed E-state index contributed by atoms with van der Waals surface area (Å²) in [5.41, 5.74) is 0.770. The molecule has 5 nitrogen and oxygen atoms in total. The Morgan fingerprint density at radius 3 is 2.71 bits per heavy atom. The minimum atomic E-state index is -0.803. The molecule has 0 aromatic heterocycles. The minimum absolute atomic E-state index is 0.153. The second-order valence-corrected chi connectivity index (χ2v) is 3.55. The molecule has 1 aliphatic heterocycles. The van der Waals surface area contributed by atoms with Crippen molar-refractivity contribution in [1.82, 2.24) is 0 Å². The molecule has 17 heavy (non-hydrogen) atoms. The number of benzene rings is 1. The lowest BCUT2D eigenvalue weighted by Crippen LogP contribution is -2.24. The van der Waals surface area contributed by atoms with Crippen molar-refractivity contribution in [3.63, 3.8) is 0 Å². The van der Waals surface area contributed by atoms with Gasteiger partial charge in [0.2, 0.25) is 11.9 Å². The van der Waals surface area contributed by atoms with Crippen molar-refractivity contribution in [2.24, 2.45) is 5.16 Å². The van der Waals surface area contributed by atoms with E-state index in [4.69, 9.17) is 4.84 Å². The van der Waals surface area contributed by atoms with E-state index in [-0.39, 0.29) is 17.9 Å². The molecule has 0 unspecified atom stereocenters. The Kier molecular flexibility index (Phi) is 3.18. The van der Waals surface area contributed by atoms with Gasteiger partial charge >= 0.3 is 5.97 Å². The number of rotatable bonds is 3. The molecule has 0 bridgehead atoms. The summed E-state index contributed by atoms with van der Waals surface area (Å²) in [6, 6.07) is 8.73. The van der Waals surface area contributed by atoms with Crippen LogP contribution in [0.3, 0.4) is 0 Å². The fourth-order valence-electron chi connectivity index (χ4n) is 1.53. The van der Waals surface area contributed by atoms with Crippen LogP contribution in [0.15, 0.2) is 35.5 Å². The van der Waals surface area contributed by atoms with Crippen LogP contribution in [0.2, 0.25) is 0 Å². The van der Waals surface area contributed by atoms with Gasteiger partial charge in [-0.25, -0.2) is 4.79 Å². The van der Waals surface area contributed by atoms with Crippen LogP contribution in [0.4, 0.5) is 0 Å². The lowest BCUT2D eigenvalue weighted by Gasteiger charge is -2.03. The first kappa shape index (κ1) is 11.3. The van der Waals surface area contributed by atoms with Gasteiger partial charge in [-0.1, -0.05) is 35.5 Å². The zero-order valence-corrected chi connectivity index (χ0v) is 9.25. The summed E-state index contributed by atoms with van der Waals surface area (Å²) < 4.78 is 4.52. The molecule has 0 N–H and O–H groups in total. The van der Waals surface area contributed by atoms with Crippen molar-refractivity contribution in [1.29, 1.82) is 0 Å². The van der Waals surface area contributed by atoms with Gasteiger partial charge in [0.05, 0.1) is 7.11 Å². The monoisotopic (exact) mass is 233 g/mol. The van der Waals surface area contributed by atoms with Crippen LogP contribution in [-0.4, -0.2) is 30.7 Å². The molecule has 2 rings (SSSR count). The summed E-state index contributed by atoms with van der Waals surface area (Å²) in [7, 11) is 1.27. The molecule has 0 saturated heterocycles. The maximum absolute atomic E-state index is 11.9. The Balaban J connectivity index is 2.07. The number of nitrogens with zero attached hydrogens (tertiary/aromatic N) is 1. The van der Waals surface area contributed by atoms with Gasteiger partial charge in [0.25, 0.3) is 0 Å². The second-order valence-electron chi connectivity index (χ2n) is 3.55. The van der Waals surface area contributed by atoms with Gasteiger partial charge in [-0.3, -0.25) is 4.79 Å². The molecule has 0 fully saturated rings. The topological polar surface area (TPSA) is 65.0 Å². The van der Waals surface area contributed by atoms with Crippen molar-refractivity contribution < 1.29 is 19.2 Å². The average Bonchev–Trinajstić information content (AvgIpc) is 2.87. The first-order chi connectivity index (χ1) is 8.22. The maximum Gasteiger partial charge on any atom is 0.350 e. The van der Waals surface area contributed by atoms with E-state index in [1.165, 1.54) is 7.11 Å². The molecule has 1 aromatic rings. The molecule has 1 heterocycles. The van der Waals surface area contributed by atoms with Gasteiger partial charge in [0.1, 0.15) is 5.71 Å². The molecule has 1 aliphatic rings. The predicted octanol–water partition coefficient (Wildman–Crippen LogP) is 1.19. The van der Waals surface area contributed by atoms with E-state index in [9.17, 15) is 9.59 Å². The van der Waals surface area contributed by atoms with Gasteiger partial charge in [0, 0.05) is 12.0 Å². The quantitative estimate of drug-likeness (QED) is 0.581. The van der Waals surface area contributed by atoms with E-state index in [1.54, 1.807) is 24.3 Å². The first-order valence-corrected chi connectivity index (χ1v) is 5.12. The van der Waals surface area contributed by atoms with Crippen LogP contribution >= 0.6 is 0 Å². The van der Waals surface area contributed by atoms with Crippen LogP contribution in [0.5, 0.6) is 0 Å². The van der Waals surface area contributed by atoms with E-state index in [1.807, 2.05) is 6.07 Å².